The first-order valence-corrected chi connectivity index (χ1v) is 15.7. The van der Waals surface area contributed by atoms with Crippen LogP contribution in [0.15, 0.2) is 36.4 Å². The molecule has 1 aliphatic rings. The molecule has 0 aromatic heterocycles. The molecule has 13 heteroatoms. The molecule has 1 fully saturated rings. The Kier molecular flexibility index (Phi) is 10.8. The summed E-state index contributed by atoms with van der Waals surface area (Å²) in [5.74, 6) is -1.03. The molecule has 0 heterocycles. The molecule has 0 aliphatic heterocycles. The van der Waals surface area contributed by atoms with Crippen LogP contribution in [0.2, 0.25) is 10.0 Å². The van der Waals surface area contributed by atoms with Crippen molar-refractivity contribution in [3.05, 3.63) is 67.7 Å². The maximum atomic E-state index is 13.9. The standard InChI is InChI=1S/C27H34Cl2N4O6S/c1-4-24(27(35)30-19-9-6-5-7-10-19)31(16-21-22(28)11-8-12-23(21)29)26(34)17-32(40(3,38)39)25-15-20(33(36)37)14-13-18(25)2/h8,11-15,19,24H,4-7,9-10,16-17H2,1-3H3,(H,30,35)/t24-/m1/s1. The maximum absolute atomic E-state index is 13.9. The van der Waals surface area contributed by atoms with E-state index in [1.54, 1.807) is 32.0 Å². The van der Waals surface area contributed by atoms with Crippen LogP contribution in [-0.2, 0) is 26.2 Å². The Morgan fingerprint density at radius 1 is 1.12 bits per heavy atom. The third kappa shape index (κ3) is 7.86. The second-order valence-electron chi connectivity index (χ2n) is 9.99. The zero-order valence-electron chi connectivity index (χ0n) is 22.7. The van der Waals surface area contributed by atoms with Gasteiger partial charge in [0.15, 0.2) is 0 Å². The van der Waals surface area contributed by atoms with E-state index in [0.717, 1.165) is 48.7 Å². The Balaban J connectivity index is 2.02. The Labute approximate surface area is 244 Å². The van der Waals surface area contributed by atoms with Crippen molar-refractivity contribution in [2.24, 2.45) is 0 Å². The second-order valence-corrected chi connectivity index (χ2v) is 12.7. The number of rotatable bonds is 11. The van der Waals surface area contributed by atoms with Crippen molar-refractivity contribution in [2.45, 2.75) is 71.0 Å². The quantitative estimate of drug-likeness (QED) is 0.273. The highest BCUT2D eigenvalue weighted by Gasteiger charge is 2.34. The van der Waals surface area contributed by atoms with Gasteiger partial charge in [-0.05, 0) is 43.9 Å². The first kappa shape index (κ1) is 31.6. The molecule has 10 nitrogen and oxygen atoms in total. The van der Waals surface area contributed by atoms with Crippen LogP contribution < -0.4 is 9.62 Å². The average Bonchev–Trinajstić information content (AvgIpc) is 2.89. The number of halogens is 2. The molecule has 1 aliphatic carbocycles. The summed E-state index contributed by atoms with van der Waals surface area (Å²) in [7, 11) is -4.07. The number of hydrogen-bond acceptors (Lipinski definition) is 6. The number of sulfonamides is 1. The number of hydrogen-bond donors (Lipinski definition) is 1. The summed E-state index contributed by atoms with van der Waals surface area (Å²) >= 11 is 12.8. The summed E-state index contributed by atoms with van der Waals surface area (Å²) in [6.45, 7) is 2.53. The van der Waals surface area contributed by atoms with Gasteiger partial charge in [-0.2, -0.15) is 0 Å². The summed E-state index contributed by atoms with van der Waals surface area (Å²) in [5, 5.41) is 15.0. The topological polar surface area (TPSA) is 130 Å². The summed E-state index contributed by atoms with van der Waals surface area (Å²) in [6.07, 6.45) is 5.98. The highest BCUT2D eigenvalue weighted by atomic mass is 35.5. The molecule has 1 N–H and O–H groups in total. The van der Waals surface area contributed by atoms with Crippen LogP contribution in [0.25, 0.3) is 0 Å². The molecule has 40 heavy (non-hydrogen) atoms. The molecule has 0 unspecified atom stereocenters. The number of aryl methyl sites for hydroxylation is 1. The van der Waals surface area contributed by atoms with Gasteiger partial charge in [-0.15, -0.1) is 0 Å². The van der Waals surface area contributed by atoms with Gasteiger partial charge in [-0.1, -0.05) is 61.5 Å². The number of nitro groups is 1. The number of nitro benzene ring substituents is 1. The van der Waals surface area contributed by atoms with Gasteiger partial charge in [0, 0.05) is 40.3 Å². The number of carbonyl (C=O) groups excluding carboxylic acids is 2. The monoisotopic (exact) mass is 612 g/mol. The zero-order chi connectivity index (χ0) is 29.6. The van der Waals surface area contributed by atoms with Crippen LogP contribution in [0.4, 0.5) is 11.4 Å². The minimum Gasteiger partial charge on any atom is -0.352 e. The fourth-order valence-electron chi connectivity index (χ4n) is 4.89. The number of amides is 2. The van der Waals surface area contributed by atoms with E-state index in [-0.39, 0.29) is 36.3 Å². The minimum absolute atomic E-state index is 0.000446. The van der Waals surface area contributed by atoms with Crippen molar-refractivity contribution >= 4 is 56.4 Å². The zero-order valence-corrected chi connectivity index (χ0v) is 25.1. The van der Waals surface area contributed by atoms with E-state index in [0.29, 0.717) is 21.2 Å². The number of nitrogens with one attached hydrogen (secondary N) is 1. The van der Waals surface area contributed by atoms with Gasteiger partial charge in [-0.25, -0.2) is 8.42 Å². The van der Waals surface area contributed by atoms with Gasteiger partial charge in [0.1, 0.15) is 12.6 Å². The van der Waals surface area contributed by atoms with Crippen molar-refractivity contribution in [2.75, 3.05) is 17.1 Å². The predicted molar refractivity (Wildman–Crippen MR) is 156 cm³/mol. The molecule has 0 radical (unpaired) electrons. The van der Waals surface area contributed by atoms with E-state index in [2.05, 4.69) is 5.32 Å². The lowest BCUT2D eigenvalue weighted by Gasteiger charge is -2.34. The number of anilines is 1. The number of carbonyl (C=O) groups is 2. The minimum atomic E-state index is -4.07. The van der Waals surface area contributed by atoms with Gasteiger partial charge in [0.05, 0.1) is 16.9 Å². The Hall–Kier alpha value is -2.89. The summed E-state index contributed by atoms with van der Waals surface area (Å²) in [6, 6.07) is 7.74. The molecule has 2 amide bonds. The molecule has 2 aromatic rings. The van der Waals surface area contributed by atoms with Gasteiger partial charge in [-0.3, -0.25) is 24.0 Å². The fraction of sp³-hybridized carbons (Fsp3) is 0.481. The van der Waals surface area contributed by atoms with E-state index in [9.17, 15) is 28.1 Å². The first-order chi connectivity index (χ1) is 18.8. The van der Waals surface area contributed by atoms with Gasteiger partial charge in [0.2, 0.25) is 21.8 Å². The van der Waals surface area contributed by atoms with Crippen molar-refractivity contribution in [3.8, 4) is 0 Å². The maximum Gasteiger partial charge on any atom is 0.271 e. The highest BCUT2D eigenvalue weighted by molar-refractivity contribution is 7.92. The number of non-ortho nitro benzene ring substituents is 1. The van der Waals surface area contributed by atoms with Crippen molar-refractivity contribution in [3.63, 3.8) is 0 Å². The molecule has 1 atom stereocenters. The molecule has 0 saturated heterocycles. The second kappa shape index (κ2) is 13.6. The average molecular weight is 614 g/mol. The third-order valence-electron chi connectivity index (χ3n) is 7.08. The Bertz CT molecular complexity index is 1340. The largest absolute Gasteiger partial charge is 0.352 e. The van der Waals surface area contributed by atoms with E-state index < -0.39 is 33.4 Å². The number of nitrogens with zero attached hydrogens (tertiary/aromatic N) is 3. The van der Waals surface area contributed by atoms with Gasteiger partial charge in [0.25, 0.3) is 5.69 Å². The molecule has 0 bridgehead atoms. The Morgan fingerprint density at radius 3 is 2.30 bits per heavy atom. The first-order valence-electron chi connectivity index (χ1n) is 13.1. The van der Waals surface area contributed by atoms with E-state index in [1.807, 2.05) is 0 Å². The molecule has 3 rings (SSSR count). The Morgan fingerprint density at radius 2 is 1.75 bits per heavy atom. The summed E-state index contributed by atoms with van der Waals surface area (Å²) in [4.78, 5) is 39.5. The van der Waals surface area contributed by atoms with Crippen molar-refractivity contribution < 1.29 is 22.9 Å². The van der Waals surface area contributed by atoms with Gasteiger partial charge < -0.3 is 10.2 Å². The van der Waals surface area contributed by atoms with Gasteiger partial charge >= 0.3 is 0 Å². The lowest BCUT2D eigenvalue weighted by Crippen LogP contribution is -2.54. The van der Waals surface area contributed by atoms with Crippen LogP contribution in [0.1, 0.15) is 56.6 Å². The van der Waals surface area contributed by atoms with Crippen LogP contribution in [0.3, 0.4) is 0 Å². The molecule has 0 spiro atoms. The third-order valence-corrected chi connectivity index (χ3v) is 8.91. The van der Waals surface area contributed by atoms with E-state index in [4.69, 9.17) is 23.2 Å². The normalized spacial score (nSPS) is 14.8. The fourth-order valence-corrected chi connectivity index (χ4v) is 6.31. The lowest BCUT2D eigenvalue weighted by atomic mass is 9.95. The molecule has 1 saturated carbocycles. The van der Waals surface area contributed by atoms with E-state index >= 15 is 0 Å². The van der Waals surface area contributed by atoms with E-state index in [1.165, 1.54) is 17.0 Å². The molecular formula is C27H34Cl2N4O6S. The predicted octanol–water partition coefficient (Wildman–Crippen LogP) is 5.23. The van der Waals surface area contributed by atoms with Crippen LogP contribution >= 0.6 is 23.2 Å². The van der Waals surface area contributed by atoms with Crippen LogP contribution in [0, 0.1) is 17.0 Å². The SMILES string of the molecule is CC[C@H](C(=O)NC1CCCCC1)N(Cc1c(Cl)cccc1Cl)C(=O)CN(c1cc([N+](=O)[O-])ccc1C)S(C)(=O)=O. The summed E-state index contributed by atoms with van der Waals surface area (Å²) < 4.78 is 26.6. The smallest absolute Gasteiger partial charge is 0.271 e. The van der Waals surface area contributed by atoms with Crippen molar-refractivity contribution in [1.29, 1.82) is 0 Å². The number of benzene rings is 2. The van der Waals surface area contributed by atoms with Crippen LogP contribution in [-0.4, -0.2) is 54.9 Å². The van der Waals surface area contributed by atoms with Crippen LogP contribution in [0.5, 0.6) is 0 Å². The molecule has 2 aromatic carbocycles. The van der Waals surface area contributed by atoms with Crippen molar-refractivity contribution in [1.82, 2.24) is 10.2 Å². The lowest BCUT2D eigenvalue weighted by molar-refractivity contribution is -0.384. The highest BCUT2D eigenvalue weighted by Crippen LogP contribution is 2.30. The molecular weight excluding hydrogens is 579 g/mol. The summed E-state index contributed by atoms with van der Waals surface area (Å²) in [5.41, 5.74) is 0.521. The molecule has 218 valence electrons.